The molecule has 0 spiro atoms. The highest BCUT2D eigenvalue weighted by molar-refractivity contribution is 6.00. The van der Waals surface area contributed by atoms with Gasteiger partial charge in [-0.2, -0.15) is 18.4 Å². The SMILES string of the molecule is N#CC1c2cc(C(F)(F)F)ccc2C(=O)N1C1CCC(O)CC1. The Bertz CT molecular complexity index is 673. The normalized spacial score (nSPS) is 27.7. The first-order valence-electron chi connectivity index (χ1n) is 7.44. The number of amides is 1. The topological polar surface area (TPSA) is 64.3 Å². The number of nitriles is 1. The van der Waals surface area contributed by atoms with Gasteiger partial charge >= 0.3 is 6.18 Å². The van der Waals surface area contributed by atoms with Crippen LogP contribution in [0, 0.1) is 11.3 Å². The van der Waals surface area contributed by atoms with Crippen LogP contribution in [0.5, 0.6) is 0 Å². The Balaban J connectivity index is 1.96. The van der Waals surface area contributed by atoms with Crippen molar-refractivity contribution in [2.45, 2.75) is 50.0 Å². The van der Waals surface area contributed by atoms with Crippen LogP contribution in [-0.2, 0) is 6.18 Å². The van der Waals surface area contributed by atoms with E-state index in [-0.39, 0.29) is 17.2 Å². The lowest BCUT2D eigenvalue weighted by Gasteiger charge is -2.34. The second kappa shape index (κ2) is 5.53. The lowest BCUT2D eigenvalue weighted by atomic mass is 9.91. The van der Waals surface area contributed by atoms with Crippen molar-refractivity contribution < 1.29 is 23.1 Å². The summed E-state index contributed by atoms with van der Waals surface area (Å²) in [5.74, 6) is -0.401. The van der Waals surface area contributed by atoms with Crippen molar-refractivity contribution in [3.8, 4) is 6.07 Å². The third-order valence-electron chi connectivity index (χ3n) is 4.60. The maximum Gasteiger partial charge on any atom is 0.416 e. The molecular weight excluding hydrogens is 309 g/mol. The molecule has 0 bridgehead atoms. The van der Waals surface area contributed by atoms with Crippen LogP contribution in [0.1, 0.15) is 53.2 Å². The van der Waals surface area contributed by atoms with Crippen molar-refractivity contribution in [1.29, 1.82) is 5.26 Å². The van der Waals surface area contributed by atoms with Crippen molar-refractivity contribution in [2.24, 2.45) is 0 Å². The summed E-state index contributed by atoms with van der Waals surface area (Å²) in [4.78, 5) is 13.9. The molecule has 1 amide bonds. The van der Waals surface area contributed by atoms with E-state index in [9.17, 15) is 28.3 Å². The summed E-state index contributed by atoms with van der Waals surface area (Å²) < 4.78 is 38.6. The number of fused-ring (bicyclic) bond motifs is 1. The highest BCUT2D eigenvalue weighted by atomic mass is 19.4. The van der Waals surface area contributed by atoms with Crippen LogP contribution in [0.2, 0.25) is 0 Å². The quantitative estimate of drug-likeness (QED) is 0.863. The van der Waals surface area contributed by atoms with E-state index in [1.807, 2.05) is 6.07 Å². The van der Waals surface area contributed by atoms with Crippen molar-refractivity contribution in [3.63, 3.8) is 0 Å². The van der Waals surface area contributed by atoms with Gasteiger partial charge in [0.2, 0.25) is 0 Å². The number of carbonyl (C=O) groups is 1. The predicted molar refractivity (Wildman–Crippen MR) is 74.2 cm³/mol. The van der Waals surface area contributed by atoms with Gasteiger partial charge in [0.1, 0.15) is 6.04 Å². The van der Waals surface area contributed by atoms with Gasteiger partial charge in [0.15, 0.2) is 0 Å². The molecule has 0 radical (unpaired) electrons. The largest absolute Gasteiger partial charge is 0.416 e. The number of nitrogens with zero attached hydrogens (tertiary/aromatic N) is 2. The van der Waals surface area contributed by atoms with E-state index in [4.69, 9.17) is 0 Å². The smallest absolute Gasteiger partial charge is 0.393 e. The summed E-state index contributed by atoms with van der Waals surface area (Å²) in [6, 6.07) is 3.67. The molecule has 1 saturated carbocycles. The minimum absolute atomic E-state index is 0.124. The van der Waals surface area contributed by atoms with Crippen LogP contribution in [0.25, 0.3) is 0 Å². The molecule has 1 fully saturated rings. The zero-order valence-electron chi connectivity index (χ0n) is 12.2. The van der Waals surface area contributed by atoms with E-state index in [0.717, 1.165) is 18.2 Å². The number of rotatable bonds is 1. The highest BCUT2D eigenvalue weighted by Crippen LogP contribution is 2.41. The molecule has 1 aliphatic heterocycles. The fourth-order valence-electron chi connectivity index (χ4n) is 3.41. The molecule has 122 valence electrons. The molecule has 1 N–H and O–H groups in total. The van der Waals surface area contributed by atoms with Gasteiger partial charge in [-0.25, -0.2) is 0 Å². The maximum atomic E-state index is 12.9. The molecule has 23 heavy (non-hydrogen) atoms. The number of alkyl halides is 3. The molecule has 3 rings (SSSR count). The summed E-state index contributed by atoms with van der Waals surface area (Å²) >= 11 is 0. The third-order valence-corrected chi connectivity index (χ3v) is 4.60. The molecule has 2 aliphatic rings. The zero-order valence-corrected chi connectivity index (χ0v) is 12.2. The summed E-state index contributed by atoms with van der Waals surface area (Å²) in [5.41, 5.74) is -0.570. The Labute approximate surface area is 131 Å². The second-order valence-corrected chi connectivity index (χ2v) is 6.01. The minimum atomic E-state index is -4.51. The molecule has 0 aromatic heterocycles. The zero-order chi connectivity index (χ0) is 16.8. The molecular formula is C16H15F3N2O2. The Morgan fingerprint density at radius 2 is 1.87 bits per heavy atom. The van der Waals surface area contributed by atoms with Gasteiger partial charge < -0.3 is 10.0 Å². The standard InChI is InChI=1S/C16H15F3N2O2/c17-16(18,19)9-1-6-12-13(7-9)14(8-20)21(15(12)23)10-2-4-11(22)5-3-10/h1,6-7,10-11,14,22H,2-5H2. The lowest BCUT2D eigenvalue weighted by molar-refractivity contribution is -0.137. The van der Waals surface area contributed by atoms with Crippen LogP contribution in [0.3, 0.4) is 0 Å². The van der Waals surface area contributed by atoms with Crippen molar-refractivity contribution in [2.75, 3.05) is 0 Å². The Hall–Kier alpha value is -2.07. The molecule has 0 saturated heterocycles. The van der Waals surface area contributed by atoms with Gasteiger partial charge in [0, 0.05) is 17.2 Å². The van der Waals surface area contributed by atoms with Gasteiger partial charge in [-0.05, 0) is 43.9 Å². The van der Waals surface area contributed by atoms with Crippen LogP contribution in [0.15, 0.2) is 18.2 Å². The number of halogens is 3. The Morgan fingerprint density at radius 1 is 1.22 bits per heavy atom. The molecule has 1 atom stereocenters. The predicted octanol–water partition coefficient (Wildman–Crippen LogP) is 3.03. The first-order valence-corrected chi connectivity index (χ1v) is 7.44. The molecule has 1 unspecified atom stereocenters. The van der Waals surface area contributed by atoms with Gasteiger partial charge in [0.05, 0.1) is 17.7 Å². The Kier molecular flexibility index (Phi) is 3.80. The minimum Gasteiger partial charge on any atom is -0.393 e. The van der Waals surface area contributed by atoms with E-state index in [1.165, 1.54) is 4.90 Å². The first-order chi connectivity index (χ1) is 10.8. The number of carbonyl (C=O) groups excluding carboxylic acids is 1. The molecule has 1 aliphatic carbocycles. The van der Waals surface area contributed by atoms with E-state index in [1.54, 1.807) is 0 Å². The monoisotopic (exact) mass is 324 g/mol. The van der Waals surface area contributed by atoms with E-state index >= 15 is 0 Å². The van der Waals surface area contributed by atoms with Gasteiger partial charge in [-0.15, -0.1) is 0 Å². The average molecular weight is 324 g/mol. The molecule has 4 nitrogen and oxygen atoms in total. The molecule has 1 aromatic rings. The molecule has 1 aromatic carbocycles. The highest BCUT2D eigenvalue weighted by Gasteiger charge is 2.43. The first kappa shape index (κ1) is 15.8. The number of aliphatic hydroxyl groups is 1. The van der Waals surface area contributed by atoms with E-state index in [2.05, 4.69) is 0 Å². The Morgan fingerprint density at radius 3 is 2.43 bits per heavy atom. The van der Waals surface area contributed by atoms with Crippen molar-refractivity contribution >= 4 is 5.91 Å². The summed E-state index contributed by atoms with van der Waals surface area (Å²) in [6.45, 7) is 0. The summed E-state index contributed by atoms with van der Waals surface area (Å²) in [6.07, 6.45) is -2.78. The fourth-order valence-corrected chi connectivity index (χ4v) is 3.41. The number of hydrogen-bond donors (Lipinski definition) is 1. The number of benzene rings is 1. The number of aliphatic hydroxyl groups excluding tert-OH is 1. The molecule has 1 heterocycles. The summed E-state index contributed by atoms with van der Waals surface area (Å²) in [5, 5.41) is 19.0. The van der Waals surface area contributed by atoms with Gasteiger partial charge in [-0.3, -0.25) is 4.79 Å². The fraction of sp³-hybridized carbons (Fsp3) is 0.500. The number of hydrogen-bond acceptors (Lipinski definition) is 3. The van der Waals surface area contributed by atoms with Crippen molar-refractivity contribution in [1.82, 2.24) is 4.90 Å². The van der Waals surface area contributed by atoms with Crippen LogP contribution in [-0.4, -0.2) is 28.1 Å². The third kappa shape index (κ3) is 2.68. The van der Waals surface area contributed by atoms with E-state index in [0.29, 0.717) is 25.7 Å². The van der Waals surface area contributed by atoms with Crippen LogP contribution in [0.4, 0.5) is 13.2 Å². The lowest BCUT2D eigenvalue weighted by Crippen LogP contribution is -2.41. The van der Waals surface area contributed by atoms with Gasteiger partial charge in [0.25, 0.3) is 5.91 Å². The van der Waals surface area contributed by atoms with Crippen LogP contribution >= 0.6 is 0 Å². The van der Waals surface area contributed by atoms with Gasteiger partial charge in [-0.1, -0.05) is 0 Å². The van der Waals surface area contributed by atoms with Crippen LogP contribution < -0.4 is 0 Å². The average Bonchev–Trinajstić information content (AvgIpc) is 2.79. The maximum absolute atomic E-state index is 12.9. The van der Waals surface area contributed by atoms with E-state index < -0.39 is 29.8 Å². The van der Waals surface area contributed by atoms with Crippen molar-refractivity contribution in [3.05, 3.63) is 34.9 Å². The second-order valence-electron chi connectivity index (χ2n) is 6.01. The summed E-state index contributed by atoms with van der Waals surface area (Å²) in [7, 11) is 0. The molecule has 7 heteroatoms.